The Hall–Kier alpha value is -2.93. The van der Waals surface area contributed by atoms with Crippen LogP contribution in [0.5, 0.6) is 0 Å². The normalized spacial score (nSPS) is 14.1. The third kappa shape index (κ3) is 3.93. The van der Waals surface area contributed by atoms with Crippen molar-refractivity contribution in [2.45, 2.75) is 6.92 Å². The first-order valence-electron chi connectivity index (χ1n) is 8.46. The molecule has 0 unspecified atom stereocenters. The largest absolute Gasteiger partial charge is 0.335 e. The SMILES string of the molecule is Cc1c(C(=O)N2CCN(C(=O)c3ccc(Cl)cc3)CC2)cccc1[N+](=O)[O-]. The van der Waals surface area contributed by atoms with Crippen molar-refractivity contribution in [3.05, 3.63) is 74.3 Å². The second-order valence-electron chi connectivity index (χ2n) is 6.30. The predicted octanol–water partition coefficient (Wildman–Crippen LogP) is 3.15. The molecule has 2 amide bonds. The molecule has 0 aromatic heterocycles. The van der Waals surface area contributed by atoms with Crippen molar-refractivity contribution >= 4 is 29.1 Å². The van der Waals surface area contributed by atoms with Crippen LogP contribution in [0.25, 0.3) is 0 Å². The Kier molecular flexibility index (Phi) is 5.41. The number of rotatable bonds is 3. The van der Waals surface area contributed by atoms with E-state index in [1.165, 1.54) is 12.1 Å². The summed E-state index contributed by atoms with van der Waals surface area (Å²) in [5.41, 5.74) is 1.15. The van der Waals surface area contributed by atoms with Gasteiger partial charge in [0, 0.05) is 54.0 Å². The molecule has 1 heterocycles. The molecule has 7 nitrogen and oxygen atoms in total. The topological polar surface area (TPSA) is 83.8 Å². The molecule has 1 aliphatic rings. The zero-order valence-corrected chi connectivity index (χ0v) is 15.5. The minimum Gasteiger partial charge on any atom is -0.335 e. The molecule has 0 saturated carbocycles. The number of piperazine rings is 1. The molecule has 0 atom stereocenters. The third-order valence-electron chi connectivity index (χ3n) is 4.68. The Morgan fingerprint density at radius 3 is 2.07 bits per heavy atom. The van der Waals surface area contributed by atoms with Gasteiger partial charge in [-0.1, -0.05) is 17.7 Å². The summed E-state index contributed by atoms with van der Waals surface area (Å²) < 4.78 is 0. The van der Waals surface area contributed by atoms with Gasteiger partial charge in [0.2, 0.25) is 0 Å². The van der Waals surface area contributed by atoms with Crippen molar-refractivity contribution in [3.63, 3.8) is 0 Å². The van der Waals surface area contributed by atoms with E-state index in [-0.39, 0.29) is 17.5 Å². The van der Waals surface area contributed by atoms with Crippen molar-refractivity contribution in [2.24, 2.45) is 0 Å². The van der Waals surface area contributed by atoms with Gasteiger partial charge in [-0.2, -0.15) is 0 Å². The molecule has 0 N–H and O–H groups in total. The number of nitro groups is 1. The monoisotopic (exact) mass is 387 g/mol. The average Bonchev–Trinajstić information content (AvgIpc) is 2.67. The number of halogens is 1. The Labute approximate surface area is 161 Å². The number of hydrogen-bond donors (Lipinski definition) is 0. The highest BCUT2D eigenvalue weighted by Gasteiger charge is 2.27. The molecule has 140 valence electrons. The lowest BCUT2D eigenvalue weighted by Crippen LogP contribution is -2.50. The lowest BCUT2D eigenvalue weighted by Gasteiger charge is -2.35. The molecule has 3 rings (SSSR count). The van der Waals surface area contributed by atoms with Crippen molar-refractivity contribution < 1.29 is 14.5 Å². The van der Waals surface area contributed by atoms with Crippen LogP contribution in [-0.4, -0.2) is 52.7 Å². The van der Waals surface area contributed by atoms with Crippen LogP contribution in [0.1, 0.15) is 26.3 Å². The molecule has 0 bridgehead atoms. The fraction of sp³-hybridized carbons (Fsp3) is 0.263. The number of hydrogen-bond acceptors (Lipinski definition) is 4. The van der Waals surface area contributed by atoms with Crippen molar-refractivity contribution in [1.29, 1.82) is 0 Å². The van der Waals surface area contributed by atoms with Gasteiger partial charge in [0.1, 0.15) is 0 Å². The maximum absolute atomic E-state index is 12.8. The Morgan fingerprint density at radius 2 is 1.52 bits per heavy atom. The molecular formula is C19H18ClN3O4. The highest BCUT2D eigenvalue weighted by molar-refractivity contribution is 6.30. The van der Waals surface area contributed by atoms with Crippen LogP contribution in [0.15, 0.2) is 42.5 Å². The highest BCUT2D eigenvalue weighted by Crippen LogP contribution is 2.23. The van der Waals surface area contributed by atoms with Gasteiger partial charge in [-0.15, -0.1) is 0 Å². The molecular weight excluding hydrogens is 370 g/mol. The lowest BCUT2D eigenvalue weighted by molar-refractivity contribution is -0.385. The smallest absolute Gasteiger partial charge is 0.273 e. The number of nitro benzene ring substituents is 1. The average molecular weight is 388 g/mol. The summed E-state index contributed by atoms with van der Waals surface area (Å²) in [6, 6.07) is 11.2. The predicted molar refractivity (Wildman–Crippen MR) is 101 cm³/mol. The van der Waals surface area contributed by atoms with Crippen LogP contribution in [-0.2, 0) is 0 Å². The van der Waals surface area contributed by atoms with E-state index in [0.717, 1.165) is 0 Å². The van der Waals surface area contributed by atoms with E-state index in [1.54, 1.807) is 47.1 Å². The minimum atomic E-state index is -0.491. The standard InChI is InChI=1S/C19H18ClN3O4/c1-13-16(3-2-4-17(13)23(26)27)19(25)22-11-9-21(10-12-22)18(24)14-5-7-15(20)8-6-14/h2-8H,9-12H2,1H3. The number of carbonyl (C=O) groups excluding carboxylic acids is 2. The zero-order valence-electron chi connectivity index (χ0n) is 14.7. The first-order valence-corrected chi connectivity index (χ1v) is 8.84. The van der Waals surface area contributed by atoms with E-state index in [4.69, 9.17) is 11.6 Å². The van der Waals surface area contributed by atoms with Crippen molar-refractivity contribution in [3.8, 4) is 0 Å². The fourth-order valence-electron chi connectivity index (χ4n) is 3.11. The van der Waals surface area contributed by atoms with Crippen LogP contribution in [0.4, 0.5) is 5.69 Å². The molecule has 1 saturated heterocycles. The molecule has 8 heteroatoms. The molecule has 2 aromatic rings. The Balaban J connectivity index is 1.68. The summed E-state index contributed by atoms with van der Waals surface area (Å²) in [5, 5.41) is 11.6. The molecule has 27 heavy (non-hydrogen) atoms. The quantitative estimate of drug-likeness (QED) is 0.598. The zero-order chi connectivity index (χ0) is 19.6. The van der Waals surface area contributed by atoms with Crippen LogP contribution < -0.4 is 0 Å². The van der Waals surface area contributed by atoms with E-state index >= 15 is 0 Å². The number of nitrogens with zero attached hydrogens (tertiary/aromatic N) is 3. The van der Waals surface area contributed by atoms with Crippen molar-refractivity contribution in [2.75, 3.05) is 26.2 Å². The van der Waals surface area contributed by atoms with E-state index in [2.05, 4.69) is 0 Å². The van der Waals surface area contributed by atoms with Gasteiger partial charge in [0.15, 0.2) is 0 Å². The van der Waals surface area contributed by atoms with Crippen LogP contribution in [0, 0.1) is 17.0 Å². The van der Waals surface area contributed by atoms with E-state index in [1.807, 2.05) is 0 Å². The van der Waals surface area contributed by atoms with Gasteiger partial charge in [-0.25, -0.2) is 0 Å². The van der Waals surface area contributed by atoms with Gasteiger partial charge >= 0.3 is 0 Å². The summed E-state index contributed by atoms with van der Waals surface area (Å²) >= 11 is 5.85. The van der Waals surface area contributed by atoms with Crippen LogP contribution in [0.2, 0.25) is 5.02 Å². The number of amides is 2. The van der Waals surface area contributed by atoms with Gasteiger partial charge in [0.25, 0.3) is 17.5 Å². The molecule has 1 fully saturated rings. The number of benzene rings is 2. The molecule has 1 aliphatic heterocycles. The summed E-state index contributed by atoms with van der Waals surface area (Å²) in [6.07, 6.45) is 0. The first kappa shape index (κ1) is 18.8. The van der Waals surface area contributed by atoms with Gasteiger partial charge < -0.3 is 9.80 Å². The maximum Gasteiger partial charge on any atom is 0.273 e. The summed E-state index contributed by atoms with van der Waals surface area (Å²) in [7, 11) is 0. The fourth-order valence-corrected chi connectivity index (χ4v) is 3.24. The second-order valence-corrected chi connectivity index (χ2v) is 6.73. The van der Waals surface area contributed by atoms with Crippen molar-refractivity contribution in [1.82, 2.24) is 9.80 Å². The van der Waals surface area contributed by atoms with E-state index in [9.17, 15) is 19.7 Å². The Morgan fingerprint density at radius 1 is 0.963 bits per heavy atom. The molecule has 0 spiro atoms. The molecule has 2 aromatic carbocycles. The minimum absolute atomic E-state index is 0.0718. The van der Waals surface area contributed by atoms with E-state index < -0.39 is 4.92 Å². The number of carbonyl (C=O) groups is 2. The Bertz CT molecular complexity index is 890. The van der Waals surface area contributed by atoms with Gasteiger partial charge in [0.05, 0.1) is 4.92 Å². The van der Waals surface area contributed by atoms with Gasteiger partial charge in [-0.05, 0) is 37.3 Å². The maximum atomic E-state index is 12.8. The summed E-state index contributed by atoms with van der Waals surface area (Å²) in [6.45, 7) is 3.13. The first-order chi connectivity index (χ1) is 12.9. The van der Waals surface area contributed by atoms with E-state index in [0.29, 0.717) is 47.9 Å². The summed E-state index contributed by atoms with van der Waals surface area (Å²) in [4.78, 5) is 39.2. The molecule has 0 aliphatic carbocycles. The second kappa shape index (κ2) is 7.75. The third-order valence-corrected chi connectivity index (χ3v) is 4.93. The van der Waals surface area contributed by atoms with Gasteiger partial charge in [-0.3, -0.25) is 19.7 Å². The van der Waals surface area contributed by atoms with Crippen LogP contribution in [0.3, 0.4) is 0 Å². The highest BCUT2D eigenvalue weighted by atomic mass is 35.5. The molecule has 0 radical (unpaired) electrons. The summed E-state index contributed by atoms with van der Waals surface area (Å²) in [5.74, 6) is -0.361. The van der Waals surface area contributed by atoms with Crippen LogP contribution >= 0.6 is 11.6 Å². The lowest BCUT2D eigenvalue weighted by atomic mass is 10.1.